The number of rotatable bonds is 40. The number of benzene rings is 2. The fraction of sp³-hybridized carbons (Fsp3) is 0.662. The summed E-state index contributed by atoms with van der Waals surface area (Å²) in [5.41, 5.74) is 2.13. The average molecular weight is 1280 g/mol. The van der Waals surface area contributed by atoms with E-state index in [-0.39, 0.29) is 91.1 Å². The minimum absolute atomic E-state index is 0.0213. The van der Waals surface area contributed by atoms with Gasteiger partial charge >= 0.3 is 11.2 Å². The molecule has 0 radical (unpaired) electrons. The van der Waals surface area contributed by atoms with Crippen molar-refractivity contribution in [2.75, 3.05) is 80.3 Å². The van der Waals surface area contributed by atoms with Gasteiger partial charge in [0, 0.05) is 83.0 Å². The van der Waals surface area contributed by atoms with Crippen molar-refractivity contribution in [3.05, 3.63) is 72.1 Å². The van der Waals surface area contributed by atoms with Crippen molar-refractivity contribution in [2.24, 2.45) is 35.5 Å². The summed E-state index contributed by atoms with van der Waals surface area (Å²) in [6.07, 6.45) is 7.18. The first kappa shape index (κ1) is 70.9. The predicted octanol–water partition coefficient (Wildman–Crippen LogP) is 6.62. The summed E-state index contributed by atoms with van der Waals surface area (Å²) in [4.78, 5) is 89.5. The number of aryl methyl sites for hydroxylation is 1. The lowest BCUT2D eigenvalue weighted by molar-refractivity contribution is -0.150. The third kappa shape index (κ3) is 19.3. The molecule has 4 heterocycles. The van der Waals surface area contributed by atoms with E-state index in [0.717, 1.165) is 36.8 Å². The molecule has 1 saturated carbocycles. The van der Waals surface area contributed by atoms with E-state index < -0.39 is 69.1 Å². The normalized spacial score (nSPS) is 19.8. The Hall–Kier alpha value is -6.51. The number of ketones is 2. The average Bonchev–Trinajstić information content (AvgIpc) is 1.84. The van der Waals surface area contributed by atoms with E-state index in [0.29, 0.717) is 103 Å². The van der Waals surface area contributed by atoms with E-state index >= 15 is 0 Å². The maximum Gasteiger partial charge on any atom is 0.335 e. The Morgan fingerprint density at radius 1 is 0.811 bits per heavy atom. The molecule has 1 aliphatic carbocycles. The third-order valence-electron chi connectivity index (χ3n) is 18.2. The minimum atomic E-state index is -3.60. The Morgan fingerprint density at radius 3 is 2.13 bits per heavy atom. The Balaban J connectivity index is 0.820. The second-order valence-electron chi connectivity index (χ2n) is 24.7. The molecule has 2 aliphatic heterocycles. The topological polar surface area (TPSA) is 292 Å². The molecule has 2 bridgehead atoms. The maximum absolute atomic E-state index is 14.9. The van der Waals surface area contributed by atoms with Crippen molar-refractivity contribution < 1.29 is 75.1 Å². The van der Waals surface area contributed by atoms with Gasteiger partial charge in [-0.15, -0.1) is 10.2 Å². The second-order valence-corrected chi connectivity index (χ2v) is 26.6. The van der Waals surface area contributed by atoms with Crippen molar-refractivity contribution in [1.29, 1.82) is 0 Å². The van der Waals surface area contributed by atoms with Gasteiger partial charge in [0.25, 0.3) is 0 Å². The number of carbonyl (C=O) groups is 6. The number of piperidine rings is 1. The number of carboxylic acid groups (broad SMARTS) is 1. The van der Waals surface area contributed by atoms with Gasteiger partial charge in [0.1, 0.15) is 18.1 Å². The van der Waals surface area contributed by atoms with Gasteiger partial charge in [-0.1, -0.05) is 81.7 Å². The fourth-order valence-corrected chi connectivity index (χ4v) is 13.5. The number of hydrogen-bond donors (Lipinski definition) is 1. The fourth-order valence-electron chi connectivity index (χ4n) is 13.1. The van der Waals surface area contributed by atoms with Crippen LogP contribution in [-0.4, -0.2) is 205 Å². The van der Waals surface area contributed by atoms with E-state index in [4.69, 9.17) is 32.8 Å². The lowest BCUT2D eigenvalue weighted by Crippen LogP contribution is -2.54. The first-order valence-electron chi connectivity index (χ1n) is 31.8. The highest BCUT2D eigenvalue weighted by Gasteiger charge is 2.52. The number of Topliss-reactive ketones (excluding diaryl/α,β-unsaturated/α-hetero) is 2. The molecule has 0 spiro atoms. The zero-order valence-corrected chi connectivity index (χ0v) is 54.6. The van der Waals surface area contributed by atoms with Gasteiger partial charge in [-0.25, -0.2) is 13.1 Å². The molecule has 90 heavy (non-hydrogen) atoms. The van der Waals surface area contributed by atoms with Crippen LogP contribution in [0.2, 0.25) is 0 Å². The number of methoxy groups -OCH3 is 2. The molecule has 4 aromatic rings. The third-order valence-corrected chi connectivity index (χ3v) is 19.0. The molecule has 2 aromatic heterocycles. The van der Waals surface area contributed by atoms with Crippen LogP contribution < -0.4 is 4.74 Å². The van der Waals surface area contributed by atoms with Crippen molar-refractivity contribution in [3.63, 3.8) is 0 Å². The van der Waals surface area contributed by atoms with E-state index in [9.17, 15) is 42.3 Å². The number of fused-ring (bicyclic) bond motifs is 2. The van der Waals surface area contributed by atoms with Crippen LogP contribution in [-0.2, 0) is 81.7 Å². The van der Waals surface area contributed by atoms with E-state index in [2.05, 4.69) is 20.5 Å². The number of nitrogens with zero attached hydrogens (tertiary/aromatic N) is 8. The summed E-state index contributed by atoms with van der Waals surface area (Å²) >= 11 is 0. The molecule has 24 nitrogen and oxygen atoms in total. The van der Waals surface area contributed by atoms with Crippen LogP contribution in [0.15, 0.2) is 70.4 Å². The van der Waals surface area contributed by atoms with Crippen molar-refractivity contribution >= 4 is 45.1 Å². The van der Waals surface area contributed by atoms with Crippen molar-refractivity contribution in [3.8, 4) is 17.2 Å². The molecule has 3 aliphatic rings. The van der Waals surface area contributed by atoms with Crippen LogP contribution in [0.5, 0.6) is 5.75 Å². The van der Waals surface area contributed by atoms with Crippen LogP contribution in [0, 0.1) is 35.5 Å². The molecule has 7 rings (SSSR count). The lowest BCUT2D eigenvalue weighted by Gasteiger charge is -2.41. The highest BCUT2D eigenvalue weighted by Crippen LogP contribution is 2.44. The number of likely N-dealkylation sites (N-methyl/N-ethyl adjacent to an activating group) is 1. The summed E-state index contributed by atoms with van der Waals surface area (Å²) in [6.45, 7) is 13.2. The smallest absolute Gasteiger partial charge is 0.335 e. The Labute approximate surface area is 529 Å². The van der Waals surface area contributed by atoms with Gasteiger partial charge < -0.3 is 52.6 Å². The van der Waals surface area contributed by atoms with Gasteiger partial charge in [0.2, 0.25) is 33.4 Å². The predicted molar refractivity (Wildman–Crippen MR) is 330 cm³/mol. The van der Waals surface area contributed by atoms with Crippen LogP contribution >= 0.6 is 0 Å². The number of aromatic nitrogens is 5. The largest absolute Gasteiger partial charge is 0.491 e. The van der Waals surface area contributed by atoms with E-state index in [1.807, 2.05) is 69.1 Å². The molecular formula is C65H94N8O16S. The number of aliphatic carboxylic acids is 1. The molecule has 3 fully saturated rings. The summed E-state index contributed by atoms with van der Waals surface area (Å²) in [5.74, 6) is -3.74. The van der Waals surface area contributed by atoms with Crippen molar-refractivity contribution in [2.45, 2.75) is 166 Å². The summed E-state index contributed by atoms with van der Waals surface area (Å²) in [5, 5.41) is 25.5. The molecule has 3 amide bonds. The molecular weight excluding hydrogens is 1180 g/mol. The molecule has 1 N–H and O–H groups in total. The summed E-state index contributed by atoms with van der Waals surface area (Å²) in [7, 11) is 1.20. The molecule has 11 atom stereocenters. The monoisotopic (exact) mass is 1270 g/mol. The van der Waals surface area contributed by atoms with Crippen LogP contribution in [0.1, 0.15) is 117 Å². The zero-order valence-electron chi connectivity index (χ0n) is 53.8. The van der Waals surface area contributed by atoms with Gasteiger partial charge in [-0.05, 0) is 98.9 Å². The Kier molecular flexibility index (Phi) is 27.0. The molecule has 25 heteroatoms. The minimum Gasteiger partial charge on any atom is -0.491 e. The standard InChI is InChI=1S/C65H94N8O16S/c1-10-43(4)59(56(83-7)40-58(77)72-27-15-19-53(72)61(84-8)44(5)54(74)38-48(64(79)80)36-45-16-12-11-13-17-45)70(6)63(78)52(42(2)3)39-55(75)60-47-21-24-50(37-47)73(60)57(76)20-14-18-49-41-71(69-66-49)28-29-85-30-31-86-32-33-87-34-35-88-51-25-22-46(23-26-51)62-67-68-65(89-62)90(9,81)82/h11-13,16-17,22-23,25-26,41-44,47-48,50,52-53,56,59-61H,10,14-15,18-21,24,27-40H2,1-9H3,(H,79,80)/t43-,44-,47-,48+,50+,52-,53-,56+,59-,60-,61+/m0/s1. The van der Waals surface area contributed by atoms with E-state index in [1.165, 1.54) is 7.11 Å². The number of sulfone groups is 1. The van der Waals surface area contributed by atoms with Gasteiger partial charge in [-0.3, -0.25) is 28.8 Å². The second kappa shape index (κ2) is 34.2. The SMILES string of the molecule is CC[C@H](C)[C@@H]([C@@H](CC(=O)N1CCC[C@H]1[C@H](OC)[C@@H](C)C(=O)C[C@@H](Cc1ccccc1)C(=O)O)OC)N(C)C(=O)[C@@H](CC(=O)[C@@H]1[C@H]2CC[C@H](C2)N1C(=O)CCCc1cn(CCOCCOCCOCCOc2ccc(-c3nnc(S(C)(=O)=O)o3)cc2)nn1)C(C)C. The number of likely N-dealkylation sites (tertiary alicyclic amines) is 2. The molecule has 496 valence electrons. The molecule has 2 saturated heterocycles. The van der Waals surface area contributed by atoms with Gasteiger partial charge in [0.05, 0.1) is 94.6 Å². The molecule has 0 unspecified atom stereocenters. The van der Waals surface area contributed by atoms with E-state index in [1.54, 1.807) is 59.8 Å². The summed E-state index contributed by atoms with van der Waals surface area (Å²) in [6, 6.07) is 14.4. The van der Waals surface area contributed by atoms with Crippen LogP contribution in [0.4, 0.5) is 0 Å². The van der Waals surface area contributed by atoms with Crippen molar-refractivity contribution in [1.82, 2.24) is 39.9 Å². The number of ether oxygens (including phenoxy) is 6. The van der Waals surface area contributed by atoms with Gasteiger partial charge in [0.15, 0.2) is 5.78 Å². The number of carboxylic acids is 1. The maximum atomic E-state index is 14.9. The molecule has 2 aromatic carbocycles. The first-order chi connectivity index (χ1) is 43.1. The Bertz CT molecular complexity index is 3070. The quantitative estimate of drug-likeness (QED) is 0.0458. The first-order valence-corrected chi connectivity index (χ1v) is 33.7. The lowest BCUT2D eigenvalue weighted by atomic mass is 9.83. The van der Waals surface area contributed by atoms with Crippen LogP contribution in [0.25, 0.3) is 11.5 Å². The highest BCUT2D eigenvalue weighted by molar-refractivity contribution is 7.90. The highest BCUT2D eigenvalue weighted by atomic mass is 32.2. The zero-order chi connectivity index (χ0) is 65.1. The van der Waals surface area contributed by atoms with Gasteiger partial charge in [-0.2, -0.15) is 0 Å². The summed E-state index contributed by atoms with van der Waals surface area (Å²) < 4.78 is 64.9. The number of hydrogen-bond acceptors (Lipinski definition) is 19. The van der Waals surface area contributed by atoms with Crippen LogP contribution in [0.3, 0.4) is 0 Å². The number of carbonyl (C=O) groups excluding carboxylic acids is 5. The Morgan fingerprint density at radius 2 is 1.50 bits per heavy atom. The number of amides is 3.